The van der Waals surface area contributed by atoms with E-state index in [2.05, 4.69) is 20.0 Å². The standard InChI is InChI=1S/C18H14ClN5O2S/c1-12-15(19)6-3-7-17(12)27(25,26)23-14-5-2-4-13(10-14)16-8-9-18-21-20-11-24(18)22-16/h2-11,23H,1H3. The number of sulfonamides is 1. The Labute approximate surface area is 160 Å². The van der Waals surface area contributed by atoms with E-state index in [0.717, 1.165) is 5.56 Å². The average Bonchev–Trinajstić information content (AvgIpc) is 3.11. The van der Waals surface area contributed by atoms with E-state index in [1.54, 1.807) is 53.9 Å². The molecule has 4 aromatic rings. The molecular weight excluding hydrogens is 386 g/mol. The molecule has 1 N–H and O–H groups in total. The van der Waals surface area contributed by atoms with Gasteiger partial charge >= 0.3 is 0 Å². The molecule has 2 aromatic heterocycles. The van der Waals surface area contributed by atoms with E-state index in [1.165, 1.54) is 12.4 Å². The van der Waals surface area contributed by atoms with Crippen LogP contribution < -0.4 is 4.72 Å². The minimum absolute atomic E-state index is 0.143. The van der Waals surface area contributed by atoms with Gasteiger partial charge in [-0.25, -0.2) is 8.42 Å². The molecule has 0 aliphatic heterocycles. The smallest absolute Gasteiger partial charge is 0.262 e. The van der Waals surface area contributed by atoms with E-state index in [4.69, 9.17) is 11.6 Å². The average molecular weight is 400 g/mol. The van der Waals surface area contributed by atoms with Crippen molar-refractivity contribution in [1.82, 2.24) is 19.8 Å². The molecule has 4 rings (SSSR count). The van der Waals surface area contributed by atoms with Crippen LogP contribution in [0.2, 0.25) is 5.02 Å². The number of benzene rings is 2. The monoisotopic (exact) mass is 399 g/mol. The first kappa shape index (κ1) is 17.4. The molecule has 0 radical (unpaired) electrons. The van der Waals surface area contributed by atoms with Crippen molar-refractivity contribution in [1.29, 1.82) is 0 Å². The zero-order valence-corrected chi connectivity index (χ0v) is 15.7. The molecule has 0 fully saturated rings. The van der Waals surface area contributed by atoms with Crippen LogP contribution in [0.1, 0.15) is 5.56 Å². The summed E-state index contributed by atoms with van der Waals surface area (Å²) in [6.07, 6.45) is 1.51. The van der Waals surface area contributed by atoms with Crippen LogP contribution in [-0.4, -0.2) is 28.2 Å². The van der Waals surface area contributed by atoms with Crippen molar-refractivity contribution in [2.45, 2.75) is 11.8 Å². The predicted octanol–water partition coefficient (Wildman–Crippen LogP) is 3.55. The number of hydrogen-bond acceptors (Lipinski definition) is 5. The maximum atomic E-state index is 12.8. The second-order valence-electron chi connectivity index (χ2n) is 5.90. The Morgan fingerprint density at radius 2 is 1.89 bits per heavy atom. The molecule has 0 bridgehead atoms. The number of aromatic nitrogens is 4. The van der Waals surface area contributed by atoms with E-state index < -0.39 is 10.0 Å². The van der Waals surface area contributed by atoms with Crippen molar-refractivity contribution >= 4 is 33.0 Å². The van der Waals surface area contributed by atoms with Gasteiger partial charge < -0.3 is 0 Å². The van der Waals surface area contributed by atoms with Crippen molar-refractivity contribution in [3.8, 4) is 11.3 Å². The third-order valence-electron chi connectivity index (χ3n) is 4.08. The van der Waals surface area contributed by atoms with E-state index in [1.807, 2.05) is 6.07 Å². The number of nitrogens with zero attached hydrogens (tertiary/aromatic N) is 4. The van der Waals surface area contributed by atoms with Crippen molar-refractivity contribution in [2.75, 3.05) is 4.72 Å². The van der Waals surface area contributed by atoms with Gasteiger partial charge in [-0.1, -0.05) is 29.8 Å². The van der Waals surface area contributed by atoms with Crippen LogP contribution >= 0.6 is 11.6 Å². The summed E-state index contributed by atoms with van der Waals surface area (Å²) in [4.78, 5) is 0.143. The predicted molar refractivity (Wildman–Crippen MR) is 103 cm³/mol. The molecule has 27 heavy (non-hydrogen) atoms. The number of anilines is 1. The highest BCUT2D eigenvalue weighted by molar-refractivity contribution is 7.92. The Kier molecular flexibility index (Phi) is 4.29. The quantitative estimate of drug-likeness (QED) is 0.566. The molecule has 0 aliphatic rings. The van der Waals surface area contributed by atoms with Gasteiger partial charge in [-0.3, -0.25) is 4.72 Å². The van der Waals surface area contributed by atoms with Crippen LogP contribution in [0.15, 0.2) is 65.8 Å². The summed E-state index contributed by atoms with van der Waals surface area (Å²) < 4.78 is 29.7. The van der Waals surface area contributed by atoms with E-state index >= 15 is 0 Å². The Hall–Kier alpha value is -2.97. The normalized spacial score (nSPS) is 11.6. The van der Waals surface area contributed by atoms with Gasteiger partial charge in [-0.15, -0.1) is 10.2 Å². The van der Waals surface area contributed by atoms with Crippen LogP contribution in [0.3, 0.4) is 0 Å². The molecule has 0 unspecified atom stereocenters. The molecule has 0 saturated heterocycles. The van der Waals surface area contributed by atoms with Gasteiger partial charge in [0.15, 0.2) is 5.65 Å². The third kappa shape index (κ3) is 3.36. The molecule has 136 valence electrons. The zero-order chi connectivity index (χ0) is 19.0. The van der Waals surface area contributed by atoms with Crippen molar-refractivity contribution in [3.63, 3.8) is 0 Å². The van der Waals surface area contributed by atoms with Crippen LogP contribution in [0.25, 0.3) is 16.9 Å². The molecule has 0 atom stereocenters. The SMILES string of the molecule is Cc1c(Cl)cccc1S(=O)(=O)Nc1cccc(-c2ccc3nncn3n2)c1. The summed E-state index contributed by atoms with van der Waals surface area (Å²) in [5.74, 6) is 0. The minimum Gasteiger partial charge on any atom is -0.280 e. The van der Waals surface area contributed by atoms with Gasteiger partial charge in [-0.05, 0) is 48.9 Å². The van der Waals surface area contributed by atoms with Gasteiger partial charge in [0.2, 0.25) is 0 Å². The van der Waals surface area contributed by atoms with Gasteiger partial charge in [0.1, 0.15) is 6.33 Å². The summed E-state index contributed by atoms with van der Waals surface area (Å²) in [6.45, 7) is 1.67. The molecule has 0 spiro atoms. The third-order valence-corrected chi connectivity index (χ3v) is 6.01. The topological polar surface area (TPSA) is 89.2 Å². The van der Waals surface area contributed by atoms with Crippen LogP contribution in [0, 0.1) is 6.92 Å². The molecule has 0 amide bonds. The molecule has 7 nitrogen and oxygen atoms in total. The number of fused-ring (bicyclic) bond motifs is 1. The summed E-state index contributed by atoms with van der Waals surface area (Å²) in [5.41, 5.74) is 2.99. The Morgan fingerprint density at radius 1 is 1.07 bits per heavy atom. The van der Waals surface area contributed by atoms with E-state index in [9.17, 15) is 8.42 Å². The minimum atomic E-state index is -3.77. The molecule has 0 saturated carbocycles. The first-order valence-electron chi connectivity index (χ1n) is 7.99. The highest BCUT2D eigenvalue weighted by Gasteiger charge is 2.18. The van der Waals surface area contributed by atoms with Crippen LogP contribution in [-0.2, 0) is 10.0 Å². The second kappa shape index (κ2) is 6.64. The first-order chi connectivity index (χ1) is 12.9. The highest BCUT2D eigenvalue weighted by atomic mass is 35.5. The summed E-state index contributed by atoms with van der Waals surface area (Å²) in [6, 6.07) is 15.4. The molecule has 2 heterocycles. The van der Waals surface area contributed by atoms with Crippen molar-refractivity contribution in [2.24, 2.45) is 0 Å². The number of halogens is 1. The lowest BCUT2D eigenvalue weighted by atomic mass is 10.1. The number of hydrogen-bond donors (Lipinski definition) is 1. The van der Waals surface area contributed by atoms with Crippen molar-refractivity contribution in [3.05, 3.63) is 71.5 Å². The second-order valence-corrected chi connectivity index (χ2v) is 7.96. The molecule has 0 aliphatic carbocycles. The number of nitrogens with one attached hydrogen (secondary N) is 1. The lowest BCUT2D eigenvalue weighted by Gasteiger charge is -2.12. The van der Waals surface area contributed by atoms with Gasteiger partial charge in [0, 0.05) is 16.3 Å². The molecular formula is C18H14ClN5O2S. The van der Waals surface area contributed by atoms with E-state index in [-0.39, 0.29) is 4.90 Å². The van der Waals surface area contributed by atoms with E-state index in [0.29, 0.717) is 27.6 Å². The largest absolute Gasteiger partial charge is 0.280 e. The number of rotatable bonds is 4. The summed E-state index contributed by atoms with van der Waals surface area (Å²) in [7, 11) is -3.77. The van der Waals surface area contributed by atoms with Crippen molar-refractivity contribution < 1.29 is 8.42 Å². The lowest BCUT2D eigenvalue weighted by molar-refractivity contribution is 0.600. The summed E-state index contributed by atoms with van der Waals surface area (Å²) in [5, 5.41) is 12.5. The Balaban J connectivity index is 1.69. The van der Waals surface area contributed by atoms with Gasteiger partial charge in [-0.2, -0.15) is 9.61 Å². The maximum Gasteiger partial charge on any atom is 0.262 e. The molecule has 2 aromatic carbocycles. The zero-order valence-electron chi connectivity index (χ0n) is 14.2. The van der Waals surface area contributed by atoms with Crippen LogP contribution in [0.5, 0.6) is 0 Å². The molecule has 9 heteroatoms. The summed E-state index contributed by atoms with van der Waals surface area (Å²) >= 11 is 6.05. The Bertz CT molecular complexity index is 1250. The van der Waals surface area contributed by atoms with Crippen LogP contribution in [0.4, 0.5) is 5.69 Å². The fraction of sp³-hybridized carbons (Fsp3) is 0.0556. The van der Waals surface area contributed by atoms with Gasteiger partial charge in [0.25, 0.3) is 10.0 Å². The van der Waals surface area contributed by atoms with Gasteiger partial charge in [0.05, 0.1) is 10.6 Å². The first-order valence-corrected chi connectivity index (χ1v) is 9.85. The fourth-order valence-electron chi connectivity index (χ4n) is 2.71. The Morgan fingerprint density at radius 3 is 2.74 bits per heavy atom. The maximum absolute atomic E-state index is 12.8. The highest BCUT2D eigenvalue weighted by Crippen LogP contribution is 2.26. The fourth-order valence-corrected chi connectivity index (χ4v) is 4.26. The lowest BCUT2D eigenvalue weighted by Crippen LogP contribution is -2.14.